The number of halogens is 1. The summed E-state index contributed by atoms with van der Waals surface area (Å²) in [7, 11) is 0. The van der Waals surface area contributed by atoms with Crippen molar-refractivity contribution < 1.29 is 4.79 Å². The van der Waals surface area contributed by atoms with Gasteiger partial charge in [0.25, 0.3) is 5.91 Å². The molecule has 25 heavy (non-hydrogen) atoms. The van der Waals surface area contributed by atoms with Crippen LogP contribution in [0.1, 0.15) is 16.1 Å². The summed E-state index contributed by atoms with van der Waals surface area (Å²) in [5, 5.41) is 4.75. The molecule has 4 rings (SSSR count). The molecule has 124 valence electrons. The van der Waals surface area contributed by atoms with Gasteiger partial charge in [-0.2, -0.15) is 5.10 Å². The van der Waals surface area contributed by atoms with E-state index in [1.165, 1.54) is 6.33 Å². The smallest absolute Gasteiger partial charge is 0.265 e. The number of nitrogens with two attached hydrogens (primary N) is 1. The van der Waals surface area contributed by atoms with Gasteiger partial charge in [-0.1, -0.05) is 17.7 Å². The van der Waals surface area contributed by atoms with Crippen molar-refractivity contribution in [2.75, 3.05) is 0 Å². The SMILES string of the molecule is Cc1ccc(Cl)cc1-c1cc(-c2ncnn3cccc23)[nH]c1C(N)=O. The lowest BCUT2D eigenvalue weighted by Gasteiger charge is -2.06. The van der Waals surface area contributed by atoms with Gasteiger partial charge in [0.1, 0.15) is 17.7 Å². The van der Waals surface area contributed by atoms with Gasteiger partial charge < -0.3 is 10.7 Å². The van der Waals surface area contributed by atoms with E-state index >= 15 is 0 Å². The third kappa shape index (κ3) is 2.56. The van der Waals surface area contributed by atoms with Crippen LogP contribution >= 0.6 is 11.6 Å². The molecule has 0 bridgehead atoms. The van der Waals surface area contributed by atoms with Crippen molar-refractivity contribution in [1.29, 1.82) is 0 Å². The number of aromatic nitrogens is 4. The van der Waals surface area contributed by atoms with E-state index in [-0.39, 0.29) is 0 Å². The van der Waals surface area contributed by atoms with Gasteiger partial charge in [-0.3, -0.25) is 4.79 Å². The second-order valence-corrected chi connectivity index (χ2v) is 6.18. The molecule has 7 heteroatoms. The molecule has 3 N–H and O–H groups in total. The van der Waals surface area contributed by atoms with Crippen LogP contribution < -0.4 is 5.73 Å². The van der Waals surface area contributed by atoms with Crippen molar-refractivity contribution in [3.05, 3.63) is 65.2 Å². The monoisotopic (exact) mass is 351 g/mol. The van der Waals surface area contributed by atoms with E-state index in [1.807, 2.05) is 49.5 Å². The third-order valence-electron chi connectivity index (χ3n) is 4.14. The van der Waals surface area contributed by atoms with Gasteiger partial charge in [-0.25, -0.2) is 9.50 Å². The molecule has 0 atom stereocenters. The molecule has 0 saturated heterocycles. The van der Waals surface area contributed by atoms with E-state index in [4.69, 9.17) is 17.3 Å². The predicted molar refractivity (Wildman–Crippen MR) is 96.5 cm³/mol. The summed E-state index contributed by atoms with van der Waals surface area (Å²) < 4.78 is 1.72. The normalized spacial score (nSPS) is 11.1. The van der Waals surface area contributed by atoms with E-state index in [0.29, 0.717) is 27.7 Å². The Morgan fingerprint density at radius 3 is 2.88 bits per heavy atom. The first-order chi connectivity index (χ1) is 12.0. The summed E-state index contributed by atoms with van der Waals surface area (Å²) in [4.78, 5) is 19.4. The number of benzene rings is 1. The molecule has 1 amide bonds. The van der Waals surface area contributed by atoms with Crippen molar-refractivity contribution in [2.45, 2.75) is 6.92 Å². The number of carbonyl (C=O) groups excluding carboxylic acids is 1. The molecule has 6 nitrogen and oxygen atoms in total. The van der Waals surface area contributed by atoms with Gasteiger partial charge in [0.2, 0.25) is 0 Å². The van der Waals surface area contributed by atoms with E-state index < -0.39 is 5.91 Å². The number of nitrogens with zero attached hydrogens (tertiary/aromatic N) is 3. The molecule has 3 heterocycles. The number of fused-ring (bicyclic) bond motifs is 1. The van der Waals surface area contributed by atoms with Crippen LogP contribution in [0.15, 0.2) is 48.9 Å². The highest BCUT2D eigenvalue weighted by molar-refractivity contribution is 6.31. The van der Waals surface area contributed by atoms with Crippen molar-refractivity contribution >= 4 is 23.0 Å². The van der Waals surface area contributed by atoms with Gasteiger partial charge in [0.05, 0.1) is 11.2 Å². The number of amides is 1. The molecule has 0 unspecified atom stereocenters. The number of nitrogens with one attached hydrogen (secondary N) is 1. The van der Waals surface area contributed by atoms with Crippen LogP contribution in [0.25, 0.3) is 28.0 Å². The zero-order chi connectivity index (χ0) is 17.6. The largest absolute Gasteiger partial charge is 0.364 e. The molecule has 3 aromatic heterocycles. The number of aromatic amines is 1. The lowest BCUT2D eigenvalue weighted by atomic mass is 10.00. The molecule has 0 aliphatic rings. The van der Waals surface area contributed by atoms with Gasteiger partial charge in [0.15, 0.2) is 0 Å². The maximum atomic E-state index is 12.0. The minimum Gasteiger partial charge on any atom is -0.364 e. The fraction of sp³-hybridized carbons (Fsp3) is 0.0556. The Labute approximate surface area is 148 Å². The Balaban J connectivity index is 1.97. The Morgan fingerprint density at radius 1 is 1.24 bits per heavy atom. The molecule has 1 aromatic carbocycles. The van der Waals surface area contributed by atoms with Crippen molar-refractivity contribution in [2.24, 2.45) is 5.73 Å². The van der Waals surface area contributed by atoms with Crippen LogP contribution in [0.2, 0.25) is 5.02 Å². The quantitative estimate of drug-likeness (QED) is 0.592. The van der Waals surface area contributed by atoms with Crippen molar-refractivity contribution in [1.82, 2.24) is 19.6 Å². The Kier molecular flexibility index (Phi) is 3.54. The minimum atomic E-state index is -0.541. The molecule has 0 spiro atoms. The molecular formula is C18H14ClN5O. The molecule has 0 aliphatic heterocycles. The first kappa shape index (κ1) is 15.4. The summed E-state index contributed by atoms with van der Waals surface area (Å²) in [5.41, 5.74) is 10.7. The number of hydrogen-bond donors (Lipinski definition) is 2. The lowest BCUT2D eigenvalue weighted by molar-refractivity contribution is 0.0997. The van der Waals surface area contributed by atoms with Gasteiger partial charge >= 0.3 is 0 Å². The Bertz CT molecular complexity index is 1110. The Hall–Kier alpha value is -3.12. The fourth-order valence-electron chi connectivity index (χ4n) is 2.95. The van der Waals surface area contributed by atoms with E-state index in [0.717, 1.165) is 16.6 Å². The van der Waals surface area contributed by atoms with Crippen LogP contribution in [0.3, 0.4) is 0 Å². The van der Waals surface area contributed by atoms with Crippen molar-refractivity contribution in [3.63, 3.8) is 0 Å². The summed E-state index contributed by atoms with van der Waals surface area (Å²) >= 11 is 6.14. The molecular weight excluding hydrogens is 338 g/mol. The van der Waals surface area contributed by atoms with Crippen LogP contribution in [-0.2, 0) is 0 Å². The van der Waals surface area contributed by atoms with Crippen LogP contribution in [0.5, 0.6) is 0 Å². The molecule has 0 saturated carbocycles. The summed E-state index contributed by atoms with van der Waals surface area (Å²) in [5.74, 6) is -0.541. The Morgan fingerprint density at radius 2 is 2.08 bits per heavy atom. The summed E-state index contributed by atoms with van der Waals surface area (Å²) in [6.07, 6.45) is 3.30. The number of aryl methyl sites for hydroxylation is 1. The maximum absolute atomic E-state index is 12.0. The number of primary amides is 1. The molecule has 0 fully saturated rings. The fourth-order valence-corrected chi connectivity index (χ4v) is 3.12. The predicted octanol–water partition coefficient (Wildman–Crippen LogP) is 3.45. The van der Waals surface area contributed by atoms with Crippen LogP contribution in [0.4, 0.5) is 0 Å². The van der Waals surface area contributed by atoms with E-state index in [1.54, 1.807) is 4.52 Å². The first-order valence-electron chi connectivity index (χ1n) is 7.62. The average molecular weight is 352 g/mol. The highest BCUT2D eigenvalue weighted by Gasteiger charge is 2.19. The second kappa shape index (κ2) is 5.75. The molecule has 0 aliphatic carbocycles. The topological polar surface area (TPSA) is 89.1 Å². The number of carbonyl (C=O) groups is 1. The zero-order valence-electron chi connectivity index (χ0n) is 13.3. The standard InChI is InChI=1S/C18H14ClN5O/c1-10-4-5-11(19)7-12(10)13-8-14(23-16(13)18(20)25)17-15-3-2-6-24(15)22-9-21-17/h2-9,23H,1H3,(H2,20,25). The molecule has 4 aromatic rings. The van der Waals surface area contributed by atoms with Gasteiger partial charge in [0, 0.05) is 16.8 Å². The number of H-pyrrole nitrogens is 1. The second-order valence-electron chi connectivity index (χ2n) is 5.74. The van der Waals surface area contributed by atoms with Gasteiger partial charge in [-0.05, 0) is 48.4 Å². The third-order valence-corrected chi connectivity index (χ3v) is 4.38. The first-order valence-corrected chi connectivity index (χ1v) is 8.00. The number of hydrogen-bond acceptors (Lipinski definition) is 3. The van der Waals surface area contributed by atoms with Crippen molar-refractivity contribution in [3.8, 4) is 22.5 Å². The summed E-state index contributed by atoms with van der Waals surface area (Å²) in [6, 6.07) is 11.2. The average Bonchev–Trinajstić information content (AvgIpc) is 3.23. The van der Waals surface area contributed by atoms with Crippen LogP contribution in [0, 0.1) is 6.92 Å². The molecule has 0 radical (unpaired) electrons. The maximum Gasteiger partial charge on any atom is 0.265 e. The van der Waals surface area contributed by atoms with Gasteiger partial charge in [-0.15, -0.1) is 0 Å². The van der Waals surface area contributed by atoms with E-state index in [2.05, 4.69) is 15.1 Å². The number of rotatable bonds is 3. The highest BCUT2D eigenvalue weighted by Crippen LogP contribution is 2.33. The van der Waals surface area contributed by atoms with E-state index in [9.17, 15) is 4.79 Å². The summed E-state index contributed by atoms with van der Waals surface area (Å²) in [6.45, 7) is 1.96. The van der Waals surface area contributed by atoms with Crippen LogP contribution in [-0.4, -0.2) is 25.5 Å². The lowest BCUT2D eigenvalue weighted by Crippen LogP contribution is -2.12. The highest BCUT2D eigenvalue weighted by atomic mass is 35.5. The zero-order valence-corrected chi connectivity index (χ0v) is 14.1. The minimum absolute atomic E-state index is 0.323.